The molecule has 8 heteroatoms. The average molecular weight is 458 g/mol. The average Bonchev–Trinajstić information content (AvgIpc) is 2.61. The van der Waals surface area contributed by atoms with Gasteiger partial charge in [0, 0.05) is 35.7 Å². The van der Waals surface area contributed by atoms with Crippen molar-refractivity contribution in [2.24, 2.45) is 0 Å². The highest BCUT2D eigenvalue weighted by Gasteiger charge is 2.27. The van der Waals surface area contributed by atoms with Crippen molar-refractivity contribution >= 4 is 50.9 Å². The molecule has 1 saturated heterocycles. The summed E-state index contributed by atoms with van der Waals surface area (Å²) in [4.78, 5) is 28.5. The van der Waals surface area contributed by atoms with Crippen LogP contribution in [0, 0.1) is 0 Å². The third-order valence-electron chi connectivity index (χ3n) is 4.21. The third kappa shape index (κ3) is 3.98. The van der Waals surface area contributed by atoms with Gasteiger partial charge in [-0.2, -0.15) is 0 Å². The van der Waals surface area contributed by atoms with E-state index < -0.39 is 0 Å². The van der Waals surface area contributed by atoms with Crippen molar-refractivity contribution in [3.05, 3.63) is 62.0 Å². The lowest BCUT2D eigenvalue weighted by Gasteiger charge is -2.35. The maximum atomic E-state index is 12.6. The maximum absolute atomic E-state index is 12.6. The minimum absolute atomic E-state index is 0.0733. The number of phenols is 1. The summed E-state index contributed by atoms with van der Waals surface area (Å²) in [5.41, 5.74) is 0.634. The van der Waals surface area contributed by atoms with Gasteiger partial charge in [-0.3, -0.25) is 9.59 Å². The van der Waals surface area contributed by atoms with E-state index in [2.05, 4.69) is 15.9 Å². The van der Waals surface area contributed by atoms with Gasteiger partial charge in [0.25, 0.3) is 11.8 Å². The van der Waals surface area contributed by atoms with E-state index >= 15 is 0 Å². The maximum Gasteiger partial charge on any atom is 0.257 e. The largest absolute Gasteiger partial charge is 0.507 e. The van der Waals surface area contributed by atoms with Crippen LogP contribution in [0.3, 0.4) is 0 Å². The number of aromatic hydroxyl groups is 1. The van der Waals surface area contributed by atoms with Crippen LogP contribution in [0.25, 0.3) is 0 Å². The topological polar surface area (TPSA) is 60.9 Å². The van der Waals surface area contributed by atoms with Gasteiger partial charge in [0.2, 0.25) is 0 Å². The predicted octanol–water partition coefficient (Wildman–Crippen LogP) is 4.06. The van der Waals surface area contributed by atoms with E-state index in [1.54, 1.807) is 34.1 Å². The molecule has 0 aliphatic carbocycles. The molecule has 0 aromatic heterocycles. The highest BCUT2D eigenvalue weighted by molar-refractivity contribution is 9.10. The molecule has 1 N–H and O–H groups in total. The zero-order chi connectivity index (χ0) is 18.8. The van der Waals surface area contributed by atoms with Crippen LogP contribution in [0.15, 0.2) is 40.9 Å². The Bertz CT molecular complexity index is 796. The van der Waals surface area contributed by atoms with Gasteiger partial charge in [0.15, 0.2) is 0 Å². The van der Waals surface area contributed by atoms with Crippen molar-refractivity contribution in [3.8, 4) is 5.75 Å². The smallest absolute Gasteiger partial charge is 0.257 e. The quantitative estimate of drug-likeness (QED) is 0.739. The summed E-state index contributed by atoms with van der Waals surface area (Å²) in [5.74, 6) is -0.521. The summed E-state index contributed by atoms with van der Waals surface area (Å²) in [6, 6.07) is 9.52. The summed E-state index contributed by atoms with van der Waals surface area (Å²) < 4.78 is 0.696. The number of rotatable bonds is 2. The van der Waals surface area contributed by atoms with Crippen molar-refractivity contribution < 1.29 is 14.7 Å². The molecule has 2 aromatic carbocycles. The number of carbonyl (C=O) groups excluding carboxylic acids is 2. The fourth-order valence-corrected chi connectivity index (χ4v) is 3.64. The van der Waals surface area contributed by atoms with Gasteiger partial charge in [-0.15, -0.1) is 0 Å². The number of hydrogen-bond donors (Lipinski definition) is 1. The molecule has 0 atom stereocenters. The molecule has 0 saturated carbocycles. The molecule has 2 amide bonds. The molecular formula is C18H15BrCl2N2O3. The Morgan fingerprint density at radius 2 is 1.42 bits per heavy atom. The van der Waals surface area contributed by atoms with Crippen molar-refractivity contribution in [3.63, 3.8) is 0 Å². The van der Waals surface area contributed by atoms with E-state index in [0.29, 0.717) is 46.3 Å². The van der Waals surface area contributed by atoms with Crippen LogP contribution in [-0.2, 0) is 0 Å². The van der Waals surface area contributed by atoms with E-state index in [4.69, 9.17) is 23.2 Å². The van der Waals surface area contributed by atoms with Gasteiger partial charge in [0.05, 0.1) is 16.1 Å². The van der Waals surface area contributed by atoms with E-state index in [-0.39, 0.29) is 23.1 Å². The Morgan fingerprint density at radius 1 is 0.885 bits per heavy atom. The van der Waals surface area contributed by atoms with E-state index in [1.165, 1.54) is 12.1 Å². The normalized spacial score (nSPS) is 14.4. The molecule has 1 fully saturated rings. The lowest BCUT2D eigenvalue weighted by atomic mass is 10.1. The molecule has 5 nitrogen and oxygen atoms in total. The molecule has 0 bridgehead atoms. The minimum atomic E-state index is -0.258. The number of hydrogen-bond acceptors (Lipinski definition) is 3. The third-order valence-corrected chi connectivity index (χ3v) is 5.25. The van der Waals surface area contributed by atoms with Crippen LogP contribution in [0.2, 0.25) is 10.0 Å². The van der Waals surface area contributed by atoms with Crippen molar-refractivity contribution in [2.75, 3.05) is 26.2 Å². The molecular weight excluding hydrogens is 443 g/mol. The van der Waals surface area contributed by atoms with Gasteiger partial charge in [0.1, 0.15) is 5.75 Å². The lowest BCUT2D eigenvalue weighted by Crippen LogP contribution is -2.50. The number of phenolic OH excluding ortho intramolecular Hbond substituents is 1. The van der Waals surface area contributed by atoms with Gasteiger partial charge in [-0.05, 0) is 36.4 Å². The number of carbonyl (C=O) groups is 2. The molecule has 0 radical (unpaired) electrons. The Labute approximate surface area is 169 Å². The molecule has 0 spiro atoms. The fourth-order valence-electron chi connectivity index (χ4n) is 2.80. The summed E-state index contributed by atoms with van der Waals surface area (Å²) in [6.07, 6.45) is 0. The summed E-state index contributed by atoms with van der Waals surface area (Å²) in [5, 5.41) is 10.7. The summed E-state index contributed by atoms with van der Waals surface area (Å²) in [6.45, 7) is 1.54. The second kappa shape index (κ2) is 7.86. The first-order chi connectivity index (χ1) is 12.4. The molecule has 1 heterocycles. The number of nitrogens with zero attached hydrogens (tertiary/aromatic N) is 2. The molecule has 1 aliphatic rings. The van der Waals surface area contributed by atoms with E-state index in [0.717, 1.165) is 0 Å². The predicted molar refractivity (Wildman–Crippen MR) is 104 cm³/mol. The SMILES string of the molecule is O=C(c1ccc(Br)cc1O)N1CCN(C(=O)c2ccc(Cl)cc2Cl)CC1. The van der Waals surface area contributed by atoms with Gasteiger partial charge in [-0.25, -0.2) is 0 Å². The van der Waals surface area contributed by atoms with Crippen LogP contribution < -0.4 is 0 Å². The van der Waals surface area contributed by atoms with Crippen molar-refractivity contribution in [1.82, 2.24) is 9.80 Å². The second-order valence-electron chi connectivity index (χ2n) is 5.87. The Kier molecular flexibility index (Phi) is 5.75. The number of piperazine rings is 1. The molecule has 26 heavy (non-hydrogen) atoms. The van der Waals surface area contributed by atoms with Gasteiger partial charge in [-0.1, -0.05) is 39.1 Å². The zero-order valence-electron chi connectivity index (χ0n) is 13.6. The Hall–Kier alpha value is -1.76. The fraction of sp³-hybridized carbons (Fsp3) is 0.222. The monoisotopic (exact) mass is 456 g/mol. The lowest BCUT2D eigenvalue weighted by molar-refractivity contribution is 0.0533. The minimum Gasteiger partial charge on any atom is -0.507 e. The van der Waals surface area contributed by atoms with Crippen LogP contribution in [-0.4, -0.2) is 52.9 Å². The van der Waals surface area contributed by atoms with Crippen LogP contribution >= 0.6 is 39.1 Å². The van der Waals surface area contributed by atoms with Crippen LogP contribution in [0.4, 0.5) is 0 Å². The Balaban J connectivity index is 1.67. The highest BCUT2D eigenvalue weighted by Crippen LogP contribution is 2.25. The van der Waals surface area contributed by atoms with Crippen LogP contribution in [0.1, 0.15) is 20.7 Å². The Morgan fingerprint density at radius 3 is 1.96 bits per heavy atom. The number of halogens is 3. The van der Waals surface area contributed by atoms with E-state index in [1.807, 2.05) is 0 Å². The first-order valence-corrected chi connectivity index (χ1v) is 9.44. The number of amides is 2. The zero-order valence-corrected chi connectivity index (χ0v) is 16.7. The van der Waals surface area contributed by atoms with Crippen molar-refractivity contribution in [2.45, 2.75) is 0 Å². The van der Waals surface area contributed by atoms with Gasteiger partial charge >= 0.3 is 0 Å². The summed E-state index contributed by atoms with van der Waals surface area (Å²) >= 11 is 15.2. The molecule has 3 rings (SSSR count). The van der Waals surface area contributed by atoms with E-state index in [9.17, 15) is 14.7 Å². The first-order valence-electron chi connectivity index (χ1n) is 7.89. The summed E-state index contributed by atoms with van der Waals surface area (Å²) in [7, 11) is 0. The highest BCUT2D eigenvalue weighted by atomic mass is 79.9. The van der Waals surface area contributed by atoms with Crippen LogP contribution in [0.5, 0.6) is 5.75 Å². The standard InChI is InChI=1S/C18H15BrCl2N2O3/c19-11-1-3-14(16(24)9-11)18(26)23-7-5-22(6-8-23)17(25)13-4-2-12(20)10-15(13)21/h1-4,9-10,24H,5-8H2. The number of benzene rings is 2. The second-order valence-corrected chi connectivity index (χ2v) is 7.63. The molecule has 2 aromatic rings. The van der Waals surface area contributed by atoms with Crippen molar-refractivity contribution in [1.29, 1.82) is 0 Å². The molecule has 136 valence electrons. The molecule has 0 unspecified atom stereocenters. The van der Waals surface area contributed by atoms with Gasteiger partial charge < -0.3 is 14.9 Å². The first kappa shape index (κ1) is 19.0. The molecule has 1 aliphatic heterocycles.